The van der Waals surface area contributed by atoms with Crippen molar-refractivity contribution in [2.75, 3.05) is 57.9 Å². The predicted molar refractivity (Wildman–Crippen MR) is 142 cm³/mol. The minimum atomic E-state index is -0.761. The Morgan fingerprint density at radius 2 is 1.81 bits per heavy atom. The second kappa shape index (κ2) is 11.5. The van der Waals surface area contributed by atoms with E-state index in [0.29, 0.717) is 12.0 Å². The molecule has 0 aliphatic carbocycles. The maximum atomic E-state index is 13.7. The first-order valence-electron chi connectivity index (χ1n) is 13.5. The number of hydrogen-bond donors (Lipinski definition) is 1. The van der Waals surface area contributed by atoms with Gasteiger partial charge < -0.3 is 24.6 Å². The van der Waals surface area contributed by atoms with Crippen molar-refractivity contribution in [1.29, 1.82) is 0 Å². The second-order valence-corrected chi connectivity index (χ2v) is 11.6. The Morgan fingerprint density at radius 3 is 2.41 bits per heavy atom. The smallest absolute Gasteiger partial charge is 0.251 e. The molecule has 0 saturated carbocycles. The van der Waals surface area contributed by atoms with Crippen molar-refractivity contribution >= 4 is 23.3 Å². The SMILES string of the molecule is CCCN1CCN(c2ccc(C(=O)N[C@@H](CC(C)(C)C)C(=O)N3C[C@@H](OC)[C@H]4OCC(=O)[C@H]43)cc2)CC1. The van der Waals surface area contributed by atoms with Crippen molar-refractivity contribution < 1.29 is 23.9 Å². The van der Waals surface area contributed by atoms with Crippen LogP contribution in [0.25, 0.3) is 0 Å². The largest absolute Gasteiger partial charge is 0.377 e. The molecule has 37 heavy (non-hydrogen) atoms. The number of nitrogens with zero attached hydrogens (tertiary/aromatic N) is 3. The molecule has 2 amide bonds. The van der Waals surface area contributed by atoms with Gasteiger partial charge in [0.15, 0.2) is 5.78 Å². The van der Waals surface area contributed by atoms with E-state index in [-0.39, 0.29) is 42.3 Å². The molecule has 0 unspecified atom stereocenters. The van der Waals surface area contributed by atoms with E-state index in [0.717, 1.165) is 38.4 Å². The number of ketones is 1. The average Bonchev–Trinajstić information content (AvgIpc) is 3.43. The third kappa shape index (κ3) is 6.33. The maximum absolute atomic E-state index is 13.7. The first-order chi connectivity index (χ1) is 17.6. The zero-order valence-corrected chi connectivity index (χ0v) is 22.9. The molecule has 3 aliphatic heterocycles. The number of piperazine rings is 1. The van der Waals surface area contributed by atoms with Gasteiger partial charge in [-0.2, -0.15) is 0 Å². The van der Waals surface area contributed by atoms with Gasteiger partial charge >= 0.3 is 0 Å². The third-order valence-corrected chi connectivity index (χ3v) is 7.55. The number of amides is 2. The van der Waals surface area contributed by atoms with Crippen molar-refractivity contribution in [2.45, 2.75) is 64.8 Å². The van der Waals surface area contributed by atoms with Crippen LogP contribution in [0.4, 0.5) is 5.69 Å². The van der Waals surface area contributed by atoms with Crippen LogP contribution in [0.1, 0.15) is 50.9 Å². The summed E-state index contributed by atoms with van der Waals surface area (Å²) in [6.07, 6.45) is 0.795. The minimum Gasteiger partial charge on any atom is -0.377 e. The van der Waals surface area contributed by atoms with Crippen molar-refractivity contribution in [3.63, 3.8) is 0 Å². The van der Waals surface area contributed by atoms with Gasteiger partial charge in [0.25, 0.3) is 5.91 Å². The summed E-state index contributed by atoms with van der Waals surface area (Å²) in [5.74, 6) is -0.682. The van der Waals surface area contributed by atoms with Crippen molar-refractivity contribution in [3.05, 3.63) is 29.8 Å². The molecule has 1 aromatic rings. The average molecular weight is 515 g/mol. The molecule has 0 aromatic heterocycles. The van der Waals surface area contributed by atoms with Gasteiger partial charge in [0.1, 0.15) is 30.9 Å². The molecule has 4 rings (SSSR count). The van der Waals surface area contributed by atoms with Gasteiger partial charge in [-0.15, -0.1) is 0 Å². The Balaban J connectivity index is 1.44. The summed E-state index contributed by atoms with van der Waals surface area (Å²) in [6.45, 7) is 13.7. The molecule has 0 spiro atoms. The fraction of sp³-hybridized carbons (Fsp3) is 0.679. The van der Waals surface area contributed by atoms with Gasteiger partial charge in [0, 0.05) is 44.5 Å². The van der Waals surface area contributed by atoms with E-state index in [2.05, 4.69) is 22.0 Å². The zero-order chi connectivity index (χ0) is 26.7. The Morgan fingerprint density at radius 1 is 1.14 bits per heavy atom. The summed E-state index contributed by atoms with van der Waals surface area (Å²) in [7, 11) is 1.56. The van der Waals surface area contributed by atoms with Gasteiger partial charge in [-0.05, 0) is 49.1 Å². The number of carbonyl (C=O) groups excluding carboxylic acids is 3. The van der Waals surface area contributed by atoms with Gasteiger partial charge in [0.2, 0.25) is 5.91 Å². The summed E-state index contributed by atoms with van der Waals surface area (Å²) in [6, 6.07) is 6.19. The number of rotatable bonds is 8. The number of anilines is 1. The van der Waals surface area contributed by atoms with Crippen LogP contribution in [-0.4, -0.2) is 105 Å². The highest BCUT2D eigenvalue weighted by Crippen LogP contribution is 2.31. The molecule has 1 N–H and O–H groups in total. The Kier molecular flexibility index (Phi) is 8.56. The number of ether oxygens (including phenoxy) is 2. The van der Waals surface area contributed by atoms with Crippen LogP contribution in [-0.2, 0) is 19.1 Å². The number of fused-ring (bicyclic) bond motifs is 1. The highest BCUT2D eigenvalue weighted by molar-refractivity contribution is 5.99. The molecule has 204 valence electrons. The van der Waals surface area contributed by atoms with Gasteiger partial charge in [-0.25, -0.2) is 0 Å². The van der Waals surface area contributed by atoms with Crippen molar-refractivity contribution in [3.8, 4) is 0 Å². The number of likely N-dealkylation sites (tertiary alicyclic amines) is 1. The van der Waals surface area contributed by atoms with Crippen LogP contribution in [0.15, 0.2) is 24.3 Å². The van der Waals surface area contributed by atoms with Crippen molar-refractivity contribution in [2.24, 2.45) is 5.41 Å². The summed E-state index contributed by atoms with van der Waals surface area (Å²) in [4.78, 5) is 45.9. The van der Waals surface area contributed by atoms with E-state index in [4.69, 9.17) is 9.47 Å². The van der Waals surface area contributed by atoms with E-state index in [1.54, 1.807) is 12.0 Å². The van der Waals surface area contributed by atoms with Crippen LogP contribution in [0.5, 0.6) is 0 Å². The van der Waals surface area contributed by atoms with Crippen LogP contribution >= 0.6 is 0 Å². The van der Waals surface area contributed by atoms with E-state index in [1.165, 1.54) is 6.42 Å². The van der Waals surface area contributed by atoms with E-state index in [1.807, 2.05) is 45.0 Å². The molecule has 9 heteroatoms. The lowest BCUT2D eigenvalue weighted by Gasteiger charge is -2.36. The van der Waals surface area contributed by atoms with Crippen LogP contribution in [0, 0.1) is 5.41 Å². The Hall–Kier alpha value is -2.49. The monoisotopic (exact) mass is 514 g/mol. The minimum absolute atomic E-state index is 0.0186. The molecule has 0 radical (unpaired) electrons. The normalized spacial score (nSPS) is 25.3. The molecule has 3 aliphatic rings. The van der Waals surface area contributed by atoms with Gasteiger partial charge in [-0.3, -0.25) is 19.3 Å². The number of benzene rings is 1. The Labute approximate surface area is 220 Å². The number of methoxy groups -OCH3 is 1. The highest BCUT2D eigenvalue weighted by Gasteiger charge is 2.53. The summed E-state index contributed by atoms with van der Waals surface area (Å²) >= 11 is 0. The number of nitrogens with one attached hydrogen (secondary N) is 1. The highest BCUT2D eigenvalue weighted by atomic mass is 16.5. The molecule has 0 bridgehead atoms. The molecule has 3 saturated heterocycles. The fourth-order valence-corrected chi connectivity index (χ4v) is 5.67. The van der Waals surface area contributed by atoms with Crippen LogP contribution in [0.3, 0.4) is 0 Å². The topological polar surface area (TPSA) is 91.4 Å². The van der Waals surface area contributed by atoms with Crippen LogP contribution < -0.4 is 10.2 Å². The Bertz CT molecular complexity index is 968. The quantitative estimate of drug-likeness (QED) is 0.567. The van der Waals surface area contributed by atoms with E-state index in [9.17, 15) is 14.4 Å². The van der Waals surface area contributed by atoms with Gasteiger partial charge in [-0.1, -0.05) is 27.7 Å². The predicted octanol–water partition coefficient (Wildman–Crippen LogP) is 1.95. The van der Waals surface area contributed by atoms with Crippen LogP contribution in [0.2, 0.25) is 0 Å². The lowest BCUT2D eigenvalue weighted by molar-refractivity contribution is -0.138. The lowest BCUT2D eigenvalue weighted by atomic mass is 9.87. The third-order valence-electron chi connectivity index (χ3n) is 7.55. The zero-order valence-electron chi connectivity index (χ0n) is 22.9. The molecular formula is C28H42N4O5. The molecule has 3 fully saturated rings. The first-order valence-corrected chi connectivity index (χ1v) is 13.5. The summed E-state index contributed by atoms with van der Waals surface area (Å²) in [5, 5.41) is 2.97. The lowest BCUT2D eigenvalue weighted by Crippen LogP contribution is -2.53. The molecule has 1 aromatic carbocycles. The summed E-state index contributed by atoms with van der Waals surface area (Å²) < 4.78 is 11.1. The summed E-state index contributed by atoms with van der Waals surface area (Å²) in [5.41, 5.74) is 1.39. The van der Waals surface area contributed by atoms with E-state index >= 15 is 0 Å². The number of Topliss-reactive ketones (excluding diaryl/α,β-unsaturated/α-hetero) is 1. The van der Waals surface area contributed by atoms with Crippen molar-refractivity contribution in [1.82, 2.24) is 15.1 Å². The molecular weight excluding hydrogens is 472 g/mol. The standard InChI is InChI=1S/C28H42N4O5/c1-6-11-30-12-14-31(15-13-30)20-9-7-19(8-10-20)26(34)29-21(16-28(2,3)4)27(35)32-17-23(36-5)25-24(32)22(33)18-37-25/h7-10,21,23-25H,6,11-18H2,1-5H3,(H,29,34)/t21-,23+,24+,25+/m0/s1. The van der Waals surface area contributed by atoms with Gasteiger partial charge in [0.05, 0.1) is 6.54 Å². The maximum Gasteiger partial charge on any atom is 0.251 e. The molecule has 4 atom stereocenters. The molecule has 3 heterocycles. The number of hydrogen-bond acceptors (Lipinski definition) is 7. The fourth-order valence-electron chi connectivity index (χ4n) is 5.67. The second-order valence-electron chi connectivity index (χ2n) is 11.6. The first kappa shape index (κ1) is 27.5. The number of carbonyl (C=O) groups is 3. The van der Waals surface area contributed by atoms with E-state index < -0.39 is 18.2 Å². The molecule has 9 nitrogen and oxygen atoms in total.